The molecule has 0 bridgehead atoms. The van der Waals surface area contributed by atoms with Crippen molar-refractivity contribution in [1.82, 2.24) is 16.0 Å². The van der Waals surface area contributed by atoms with Crippen LogP contribution in [0, 0.1) is 0 Å². The number of nitrogens with one attached hydrogen (secondary N) is 3. The van der Waals surface area contributed by atoms with Crippen molar-refractivity contribution in [1.29, 1.82) is 0 Å². The summed E-state index contributed by atoms with van der Waals surface area (Å²) < 4.78 is 0. The third-order valence-corrected chi connectivity index (χ3v) is 4.53. The van der Waals surface area contributed by atoms with Crippen molar-refractivity contribution in [2.24, 2.45) is 5.73 Å². The van der Waals surface area contributed by atoms with Crippen LogP contribution in [0.1, 0.15) is 25.3 Å². The fourth-order valence-electron chi connectivity index (χ4n) is 2.63. The van der Waals surface area contributed by atoms with Gasteiger partial charge in [0.15, 0.2) is 0 Å². The van der Waals surface area contributed by atoms with E-state index in [9.17, 15) is 39.3 Å². The Balaban J connectivity index is 2.71. The Labute approximate surface area is 189 Å². The van der Waals surface area contributed by atoms with Gasteiger partial charge in [-0.1, -0.05) is 12.1 Å². The van der Waals surface area contributed by atoms with Gasteiger partial charge >= 0.3 is 11.9 Å². The lowest BCUT2D eigenvalue weighted by molar-refractivity contribution is -0.141. The molecule has 13 nitrogen and oxygen atoms in total. The molecule has 0 saturated carbocycles. The van der Waals surface area contributed by atoms with Gasteiger partial charge in [-0.25, -0.2) is 4.79 Å². The Hall–Kier alpha value is -3.71. The number of carboxylic acid groups (broad SMARTS) is 2. The quantitative estimate of drug-likeness (QED) is 0.154. The Bertz CT molecular complexity index is 858. The summed E-state index contributed by atoms with van der Waals surface area (Å²) >= 11 is 0. The monoisotopic (exact) mass is 468 g/mol. The number of aromatic hydroxyl groups is 1. The van der Waals surface area contributed by atoms with E-state index in [0.29, 0.717) is 5.56 Å². The van der Waals surface area contributed by atoms with E-state index in [4.69, 9.17) is 10.8 Å². The minimum Gasteiger partial charge on any atom is -0.508 e. The molecule has 4 unspecified atom stereocenters. The molecule has 0 saturated heterocycles. The third-order valence-electron chi connectivity index (χ3n) is 4.53. The van der Waals surface area contributed by atoms with Crippen LogP contribution in [0.2, 0.25) is 0 Å². The second-order valence-electron chi connectivity index (χ2n) is 7.31. The number of rotatable bonds is 13. The van der Waals surface area contributed by atoms with Gasteiger partial charge in [0.05, 0.1) is 12.6 Å². The van der Waals surface area contributed by atoms with E-state index in [1.54, 1.807) is 0 Å². The van der Waals surface area contributed by atoms with Crippen molar-refractivity contribution in [3.8, 4) is 5.75 Å². The summed E-state index contributed by atoms with van der Waals surface area (Å²) in [6, 6.07) is 1.70. The molecule has 13 heteroatoms. The number of phenolic OH excluding ortho intramolecular Hbond substituents is 1. The largest absolute Gasteiger partial charge is 0.508 e. The molecule has 182 valence electrons. The van der Waals surface area contributed by atoms with E-state index in [1.165, 1.54) is 31.2 Å². The Morgan fingerprint density at radius 3 is 2.09 bits per heavy atom. The fraction of sp³-hybridized carbons (Fsp3) is 0.450. The molecule has 0 spiro atoms. The molecule has 33 heavy (non-hydrogen) atoms. The van der Waals surface area contributed by atoms with Crippen LogP contribution in [-0.4, -0.2) is 80.9 Å². The second-order valence-corrected chi connectivity index (χ2v) is 7.31. The predicted molar refractivity (Wildman–Crippen MR) is 113 cm³/mol. The Morgan fingerprint density at radius 2 is 1.58 bits per heavy atom. The van der Waals surface area contributed by atoms with Gasteiger partial charge in [-0.05, 0) is 31.0 Å². The van der Waals surface area contributed by atoms with Crippen LogP contribution in [0.15, 0.2) is 24.3 Å². The molecule has 0 radical (unpaired) electrons. The van der Waals surface area contributed by atoms with Crippen LogP contribution in [-0.2, 0) is 30.4 Å². The first kappa shape index (κ1) is 27.3. The average molecular weight is 468 g/mol. The number of amides is 3. The summed E-state index contributed by atoms with van der Waals surface area (Å²) in [5, 5.41) is 43.5. The zero-order valence-corrected chi connectivity index (χ0v) is 17.9. The van der Waals surface area contributed by atoms with Crippen molar-refractivity contribution in [3.05, 3.63) is 29.8 Å². The van der Waals surface area contributed by atoms with Crippen molar-refractivity contribution in [2.75, 3.05) is 6.54 Å². The summed E-state index contributed by atoms with van der Waals surface area (Å²) in [7, 11) is 0. The maximum Gasteiger partial charge on any atom is 0.326 e. The van der Waals surface area contributed by atoms with Gasteiger partial charge in [-0.3, -0.25) is 19.2 Å². The number of aliphatic hydroxyl groups excluding tert-OH is 1. The van der Waals surface area contributed by atoms with Crippen molar-refractivity contribution in [3.63, 3.8) is 0 Å². The van der Waals surface area contributed by atoms with E-state index >= 15 is 0 Å². The standard InChI is InChI=1S/C20H28N4O9/c1-10(25)17(21)19(31)24-13(6-7-16(28)29)18(30)22-9-15(27)23-14(20(32)33)8-11-2-4-12(26)5-3-11/h2-5,10,13-14,17,25-26H,6-9,21H2,1H3,(H,22,30)(H,23,27)(H,24,31)(H,28,29)(H,32,33). The van der Waals surface area contributed by atoms with Gasteiger partial charge in [-0.15, -0.1) is 0 Å². The molecule has 0 aromatic heterocycles. The van der Waals surface area contributed by atoms with E-state index in [-0.39, 0.29) is 18.6 Å². The van der Waals surface area contributed by atoms with Gasteiger partial charge in [0.25, 0.3) is 0 Å². The fourth-order valence-corrected chi connectivity index (χ4v) is 2.63. The first-order chi connectivity index (χ1) is 15.4. The average Bonchev–Trinajstić information content (AvgIpc) is 2.74. The van der Waals surface area contributed by atoms with Gasteiger partial charge in [-0.2, -0.15) is 0 Å². The molecule has 0 fully saturated rings. The molecule has 1 aromatic rings. The molecular formula is C20H28N4O9. The number of benzene rings is 1. The van der Waals surface area contributed by atoms with Crippen molar-refractivity contribution < 1.29 is 44.4 Å². The van der Waals surface area contributed by atoms with Crippen LogP contribution >= 0.6 is 0 Å². The highest BCUT2D eigenvalue weighted by molar-refractivity contribution is 5.93. The molecule has 0 aliphatic carbocycles. The summed E-state index contributed by atoms with van der Waals surface area (Å²) in [6.07, 6.45) is -2.08. The highest BCUT2D eigenvalue weighted by Gasteiger charge is 2.27. The molecule has 3 amide bonds. The molecule has 4 atom stereocenters. The van der Waals surface area contributed by atoms with Crippen molar-refractivity contribution >= 4 is 29.7 Å². The van der Waals surface area contributed by atoms with Crippen LogP contribution in [0.25, 0.3) is 0 Å². The van der Waals surface area contributed by atoms with Crippen LogP contribution < -0.4 is 21.7 Å². The zero-order valence-electron chi connectivity index (χ0n) is 17.9. The molecule has 1 rings (SSSR count). The lowest BCUT2D eigenvalue weighted by Gasteiger charge is -2.21. The number of aliphatic hydroxyl groups is 1. The smallest absolute Gasteiger partial charge is 0.326 e. The van der Waals surface area contributed by atoms with Crippen LogP contribution in [0.4, 0.5) is 0 Å². The summed E-state index contributed by atoms with van der Waals surface area (Å²) in [5.41, 5.74) is 6.04. The van der Waals surface area contributed by atoms with E-state index in [1.807, 2.05) is 0 Å². The van der Waals surface area contributed by atoms with Gasteiger partial charge < -0.3 is 42.1 Å². The van der Waals surface area contributed by atoms with E-state index in [0.717, 1.165) is 0 Å². The zero-order chi connectivity index (χ0) is 25.1. The lowest BCUT2D eigenvalue weighted by Crippen LogP contribution is -2.55. The van der Waals surface area contributed by atoms with Crippen molar-refractivity contribution in [2.45, 2.75) is 50.4 Å². The third kappa shape index (κ3) is 9.97. The predicted octanol–water partition coefficient (Wildman–Crippen LogP) is -2.32. The van der Waals surface area contributed by atoms with Gasteiger partial charge in [0, 0.05) is 12.8 Å². The van der Waals surface area contributed by atoms with Crippen LogP contribution in [0.5, 0.6) is 5.75 Å². The second kappa shape index (κ2) is 13.0. The summed E-state index contributed by atoms with van der Waals surface area (Å²) in [6.45, 7) is 0.623. The number of carbonyl (C=O) groups is 5. The minimum absolute atomic E-state index is 0.00341. The SMILES string of the molecule is CC(O)C(N)C(=O)NC(CCC(=O)O)C(=O)NCC(=O)NC(Cc1ccc(O)cc1)C(=O)O. The number of hydrogen-bond acceptors (Lipinski definition) is 8. The summed E-state index contributed by atoms with van der Waals surface area (Å²) in [5.74, 6) is -5.16. The van der Waals surface area contributed by atoms with Crippen LogP contribution in [0.3, 0.4) is 0 Å². The van der Waals surface area contributed by atoms with E-state index in [2.05, 4.69) is 16.0 Å². The number of hydrogen-bond donors (Lipinski definition) is 8. The number of carbonyl (C=O) groups excluding carboxylic acids is 3. The van der Waals surface area contributed by atoms with E-state index < -0.39 is 66.9 Å². The molecular weight excluding hydrogens is 440 g/mol. The topological polar surface area (TPSA) is 228 Å². The highest BCUT2D eigenvalue weighted by Crippen LogP contribution is 2.11. The number of nitrogens with two attached hydrogens (primary N) is 1. The first-order valence-electron chi connectivity index (χ1n) is 9.94. The molecule has 1 aromatic carbocycles. The van der Waals surface area contributed by atoms with Gasteiger partial charge in [0.2, 0.25) is 17.7 Å². The molecule has 0 aliphatic heterocycles. The normalized spacial score (nSPS) is 14.3. The number of aliphatic carboxylic acids is 2. The lowest BCUT2D eigenvalue weighted by atomic mass is 10.1. The Kier molecular flexibility index (Phi) is 10.7. The maximum atomic E-state index is 12.4. The molecule has 0 heterocycles. The summed E-state index contributed by atoms with van der Waals surface area (Å²) in [4.78, 5) is 58.8. The maximum absolute atomic E-state index is 12.4. The highest BCUT2D eigenvalue weighted by atomic mass is 16.4. The number of phenols is 1. The minimum atomic E-state index is -1.36. The molecule has 0 aliphatic rings. The van der Waals surface area contributed by atoms with Gasteiger partial charge in [0.1, 0.15) is 23.9 Å². The number of carboxylic acids is 2. The Morgan fingerprint density at radius 1 is 0.970 bits per heavy atom. The molecule has 9 N–H and O–H groups in total. The first-order valence-corrected chi connectivity index (χ1v) is 9.94.